The Hall–Kier alpha value is -1.55. The molecular formula is C16H23NO3. The number of rotatable bonds is 6. The van der Waals surface area contributed by atoms with Gasteiger partial charge in [0.25, 0.3) is 5.91 Å². The fourth-order valence-electron chi connectivity index (χ4n) is 2.43. The van der Waals surface area contributed by atoms with Gasteiger partial charge in [0.15, 0.2) is 0 Å². The van der Waals surface area contributed by atoms with E-state index in [9.17, 15) is 4.79 Å². The van der Waals surface area contributed by atoms with Gasteiger partial charge in [0.2, 0.25) is 0 Å². The predicted octanol–water partition coefficient (Wildman–Crippen LogP) is 2.26. The standard InChI is InChI=1S/C16H23NO3/c1-4-12-8-6-7-9-15(12)20-13-10-17(11-13)16(18)14(5-2)19-3/h6-9,13-14H,4-5,10-11H2,1-3H3/t14-/m0/s1. The zero-order valence-corrected chi connectivity index (χ0v) is 12.5. The van der Waals surface area contributed by atoms with Crippen LogP contribution in [0.3, 0.4) is 0 Å². The third-order valence-electron chi connectivity index (χ3n) is 3.74. The summed E-state index contributed by atoms with van der Waals surface area (Å²) < 4.78 is 11.1. The molecule has 0 N–H and O–H groups in total. The second kappa shape index (κ2) is 6.75. The second-order valence-corrected chi connectivity index (χ2v) is 5.08. The zero-order valence-electron chi connectivity index (χ0n) is 12.5. The van der Waals surface area contributed by atoms with Crippen LogP contribution in [0, 0.1) is 0 Å². The average Bonchev–Trinajstić information content (AvgIpc) is 2.43. The van der Waals surface area contributed by atoms with Crippen molar-refractivity contribution in [3.05, 3.63) is 29.8 Å². The fourth-order valence-corrected chi connectivity index (χ4v) is 2.43. The lowest BCUT2D eigenvalue weighted by Crippen LogP contribution is -2.58. The molecule has 1 aliphatic rings. The third-order valence-corrected chi connectivity index (χ3v) is 3.74. The highest BCUT2D eigenvalue weighted by molar-refractivity contribution is 5.81. The van der Waals surface area contributed by atoms with E-state index in [1.165, 1.54) is 5.56 Å². The van der Waals surface area contributed by atoms with E-state index in [0.29, 0.717) is 19.5 Å². The van der Waals surface area contributed by atoms with Crippen molar-refractivity contribution in [1.82, 2.24) is 4.90 Å². The van der Waals surface area contributed by atoms with Gasteiger partial charge in [-0.2, -0.15) is 0 Å². The summed E-state index contributed by atoms with van der Waals surface area (Å²) in [4.78, 5) is 13.9. The number of carbonyl (C=O) groups is 1. The van der Waals surface area contributed by atoms with Crippen LogP contribution >= 0.6 is 0 Å². The van der Waals surface area contributed by atoms with Gasteiger partial charge < -0.3 is 14.4 Å². The molecule has 0 aromatic heterocycles. The Balaban J connectivity index is 1.86. The first kappa shape index (κ1) is 14.9. The van der Waals surface area contributed by atoms with E-state index in [2.05, 4.69) is 13.0 Å². The van der Waals surface area contributed by atoms with Crippen molar-refractivity contribution in [3.63, 3.8) is 0 Å². The molecule has 2 rings (SSSR count). The molecule has 110 valence electrons. The summed E-state index contributed by atoms with van der Waals surface area (Å²) in [7, 11) is 1.58. The zero-order chi connectivity index (χ0) is 14.5. The first-order valence-corrected chi connectivity index (χ1v) is 7.25. The lowest BCUT2D eigenvalue weighted by atomic mass is 10.1. The average molecular weight is 277 g/mol. The number of benzene rings is 1. The number of carbonyl (C=O) groups excluding carboxylic acids is 1. The van der Waals surface area contributed by atoms with E-state index in [1.54, 1.807) is 12.0 Å². The van der Waals surface area contributed by atoms with Crippen molar-refractivity contribution in [2.24, 2.45) is 0 Å². The maximum absolute atomic E-state index is 12.1. The minimum atomic E-state index is -0.320. The molecule has 0 spiro atoms. The summed E-state index contributed by atoms with van der Waals surface area (Å²) in [5.74, 6) is 1.00. The van der Waals surface area contributed by atoms with Crippen molar-refractivity contribution >= 4 is 5.91 Å². The molecule has 1 aliphatic heterocycles. The van der Waals surface area contributed by atoms with Crippen LogP contribution in [-0.2, 0) is 16.0 Å². The number of ether oxygens (including phenoxy) is 2. The fraction of sp³-hybridized carbons (Fsp3) is 0.562. The molecule has 0 radical (unpaired) electrons. The van der Waals surface area contributed by atoms with Gasteiger partial charge in [0.05, 0.1) is 13.1 Å². The topological polar surface area (TPSA) is 38.8 Å². The Bertz CT molecular complexity index is 451. The van der Waals surface area contributed by atoms with Crippen molar-refractivity contribution in [2.45, 2.75) is 38.9 Å². The highest BCUT2D eigenvalue weighted by Crippen LogP contribution is 2.23. The maximum atomic E-state index is 12.1. The van der Waals surface area contributed by atoms with Crippen molar-refractivity contribution in [3.8, 4) is 5.75 Å². The minimum Gasteiger partial charge on any atom is -0.486 e. The van der Waals surface area contributed by atoms with Crippen LogP contribution in [0.15, 0.2) is 24.3 Å². The molecule has 0 aliphatic carbocycles. The quantitative estimate of drug-likeness (QED) is 0.800. The summed E-state index contributed by atoms with van der Waals surface area (Å²) in [5.41, 5.74) is 1.21. The molecule has 1 aromatic rings. The number of hydrogen-bond donors (Lipinski definition) is 0. The maximum Gasteiger partial charge on any atom is 0.251 e. The van der Waals surface area contributed by atoms with Crippen LogP contribution < -0.4 is 4.74 Å². The van der Waals surface area contributed by atoms with Gasteiger partial charge in [0.1, 0.15) is 18.0 Å². The van der Waals surface area contributed by atoms with Crippen LogP contribution in [0.1, 0.15) is 25.8 Å². The van der Waals surface area contributed by atoms with Gasteiger partial charge in [0, 0.05) is 7.11 Å². The van der Waals surface area contributed by atoms with E-state index in [1.807, 2.05) is 25.1 Å². The smallest absolute Gasteiger partial charge is 0.251 e. The Labute approximate surface area is 120 Å². The number of aryl methyl sites for hydroxylation is 1. The van der Waals surface area contributed by atoms with Gasteiger partial charge in [-0.15, -0.1) is 0 Å². The summed E-state index contributed by atoms with van der Waals surface area (Å²) in [6.07, 6.45) is 1.43. The summed E-state index contributed by atoms with van der Waals surface area (Å²) in [6, 6.07) is 8.07. The first-order chi connectivity index (χ1) is 9.69. The van der Waals surface area contributed by atoms with Crippen LogP contribution in [0.5, 0.6) is 5.75 Å². The van der Waals surface area contributed by atoms with Crippen LogP contribution in [0.25, 0.3) is 0 Å². The molecule has 1 fully saturated rings. The van der Waals surface area contributed by atoms with E-state index in [-0.39, 0.29) is 18.1 Å². The van der Waals surface area contributed by atoms with Gasteiger partial charge in [-0.1, -0.05) is 32.0 Å². The predicted molar refractivity (Wildman–Crippen MR) is 77.9 cm³/mol. The number of methoxy groups -OCH3 is 1. The van der Waals surface area contributed by atoms with E-state index in [4.69, 9.17) is 9.47 Å². The number of likely N-dealkylation sites (tertiary alicyclic amines) is 1. The van der Waals surface area contributed by atoms with Gasteiger partial charge in [-0.05, 0) is 24.5 Å². The third kappa shape index (κ3) is 3.12. The molecule has 1 heterocycles. The monoisotopic (exact) mass is 277 g/mol. The van der Waals surface area contributed by atoms with Crippen LogP contribution in [0.2, 0.25) is 0 Å². The Morgan fingerprint density at radius 3 is 2.65 bits per heavy atom. The summed E-state index contributed by atoms with van der Waals surface area (Å²) in [5, 5.41) is 0. The van der Waals surface area contributed by atoms with E-state index >= 15 is 0 Å². The Morgan fingerprint density at radius 2 is 2.05 bits per heavy atom. The molecule has 4 heteroatoms. The van der Waals surface area contributed by atoms with Gasteiger partial charge in [-0.3, -0.25) is 4.79 Å². The number of para-hydroxylation sites is 1. The number of hydrogen-bond acceptors (Lipinski definition) is 3. The van der Waals surface area contributed by atoms with E-state index < -0.39 is 0 Å². The number of nitrogens with zero attached hydrogens (tertiary/aromatic N) is 1. The molecule has 0 bridgehead atoms. The molecule has 4 nitrogen and oxygen atoms in total. The largest absolute Gasteiger partial charge is 0.486 e. The summed E-state index contributed by atoms with van der Waals surface area (Å²) in [6.45, 7) is 5.37. The Morgan fingerprint density at radius 1 is 1.35 bits per heavy atom. The summed E-state index contributed by atoms with van der Waals surface area (Å²) >= 11 is 0. The van der Waals surface area contributed by atoms with E-state index in [0.717, 1.165) is 12.2 Å². The molecule has 0 saturated carbocycles. The van der Waals surface area contributed by atoms with Crippen LogP contribution in [-0.4, -0.2) is 43.2 Å². The molecule has 1 aromatic carbocycles. The van der Waals surface area contributed by atoms with Crippen molar-refractivity contribution in [1.29, 1.82) is 0 Å². The molecule has 1 amide bonds. The molecule has 1 atom stereocenters. The lowest BCUT2D eigenvalue weighted by Gasteiger charge is -2.40. The van der Waals surface area contributed by atoms with Crippen LogP contribution in [0.4, 0.5) is 0 Å². The highest BCUT2D eigenvalue weighted by atomic mass is 16.5. The van der Waals surface area contributed by atoms with Gasteiger partial charge in [-0.25, -0.2) is 0 Å². The normalized spacial score (nSPS) is 16.6. The molecule has 0 unspecified atom stereocenters. The SMILES string of the molecule is CCc1ccccc1OC1CN(C(=O)[C@H](CC)OC)C1. The Kier molecular flexibility index (Phi) is 5.01. The number of amides is 1. The molecule has 20 heavy (non-hydrogen) atoms. The minimum absolute atomic E-state index is 0.0682. The highest BCUT2D eigenvalue weighted by Gasteiger charge is 2.35. The van der Waals surface area contributed by atoms with Gasteiger partial charge >= 0.3 is 0 Å². The first-order valence-electron chi connectivity index (χ1n) is 7.25. The van der Waals surface area contributed by atoms with Crippen molar-refractivity contribution < 1.29 is 14.3 Å². The second-order valence-electron chi connectivity index (χ2n) is 5.08. The molecule has 1 saturated heterocycles. The van der Waals surface area contributed by atoms with Crippen molar-refractivity contribution in [2.75, 3.05) is 20.2 Å². The lowest BCUT2D eigenvalue weighted by molar-refractivity contribution is -0.151. The molecular weight excluding hydrogens is 254 g/mol.